The number of hydrogen-bond acceptors (Lipinski definition) is 4. The molecule has 0 saturated heterocycles. The molecule has 4 aromatic rings. The highest BCUT2D eigenvalue weighted by molar-refractivity contribution is 5.97. The van der Waals surface area contributed by atoms with Gasteiger partial charge in [0, 0.05) is 23.5 Å². The molecule has 0 bridgehead atoms. The van der Waals surface area contributed by atoms with E-state index in [1.807, 2.05) is 46.7 Å². The van der Waals surface area contributed by atoms with Crippen LogP contribution >= 0.6 is 0 Å². The van der Waals surface area contributed by atoms with Gasteiger partial charge in [-0.2, -0.15) is 10.2 Å². The number of fused-ring (bicyclic) bond motifs is 1. The number of ether oxygens (including phenoxy) is 1. The van der Waals surface area contributed by atoms with E-state index in [1.54, 1.807) is 18.3 Å². The van der Waals surface area contributed by atoms with Crippen LogP contribution in [0.1, 0.15) is 5.69 Å². The van der Waals surface area contributed by atoms with Crippen molar-refractivity contribution in [1.82, 2.24) is 19.6 Å². The number of nitrogens with one attached hydrogen (secondary N) is 1. The van der Waals surface area contributed by atoms with Gasteiger partial charge in [0.2, 0.25) is 0 Å². The normalized spacial score (nSPS) is 12.9. The fourth-order valence-corrected chi connectivity index (χ4v) is 3.86. The molecule has 0 unspecified atom stereocenters. The Balaban J connectivity index is 1.61. The van der Waals surface area contributed by atoms with Crippen molar-refractivity contribution in [3.63, 3.8) is 0 Å². The number of nitrogens with zero attached hydrogens (tertiary/aromatic N) is 4. The lowest BCUT2D eigenvalue weighted by molar-refractivity contribution is -0.118. The second-order valence-corrected chi connectivity index (χ2v) is 7.36. The summed E-state index contributed by atoms with van der Waals surface area (Å²) in [5, 5.41) is 11.9. The van der Waals surface area contributed by atoms with Crippen molar-refractivity contribution < 1.29 is 13.9 Å². The number of rotatable bonds is 5. The Bertz CT molecular complexity index is 1250. The number of benzene rings is 2. The molecule has 0 aliphatic carbocycles. The summed E-state index contributed by atoms with van der Waals surface area (Å²) < 4.78 is 22.9. The summed E-state index contributed by atoms with van der Waals surface area (Å²) in [6, 6.07) is 14.0. The maximum absolute atomic E-state index is 13.6. The monoisotopic (exact) mass is 417 g/mol. The van der Waals surface area contributed by atoms with Crippen LogP contribution in [0.25, 0.3) is 22.4 Å². The molecule has 156 valence electrons. The Morgan fingerprint density at radius 1 is 1.13 bits per heavy atom. The van der Waals surface area contributed by atoms with Gasteiger partial charge in [-0.3, -0.25) is 14.2 Å². The molecule has 8 heteroatoms. The van der Waals surface area contributed by atoms with Crippen LogP contribution in [0.5, 0.6) is 5.75 Å². The Labute approximate surface area is 178 Å². The van der Waals surface area contributed by atoms with Crippen LogP contribution in [0.2, 0.25) is 0 Å². The lowest BCUT2D eigenvalue weighted by Gasteiger charge is -2.19. The summed E-state index contributed by atoms with van der Waals surface area (Å²) >= 11 is 0. The van der Waals surface area contributed by atoms with Crippen molar-refractivity contribution in [3.8, 4) is 28.1 Å². The van der Waals surface area contributed by atoms with E-state index in [9.17, 15) is 9.18 Å². The van der Waals surface area contributed by atoms with Gasteiger partial charge in [0.25, 0.3) is 5.91 Å². The molecule has 2 aromatic heterocycles. The third-order valence-corrected chi connectivity index (χ3v) is 5.25. The van der Waals surface area contributed by atoms with E-state index in [1.165, 1.54) is 12.1 Å². The molecule has 2 aromatic carbocycles. The molecule has 31 heavy (non-hydrogen) atoms. The van der Waals surface area contributed by atoms with Crippen molar-refractivity contribution in [3.05, 3.63) is 72.4 Å². The molecule has 0 fully saturated rings. The smallest absolute Gasteiger partial charge is 0.262 e. The number of carbonyl (C=O) groups is 1. The number of halogens is 1. The minimum atomic E-state index is -0.293. The van der Waals surface area contributed by atoms with Crippen molar-refractivity contribution in [2.45, 2.75) is 20.0 Å². The molecular formula is C23H20FN5O2. The van der Waals surface area contributed by atoms with E-state index in [4.69, 9.17) is 9.84 Å². The minimum Gasteiger partial charge on any atom is -0.482 e. The zero-order valence-electron chi connectivity index (χ0n) is 16.9. The largest absolute Gasteiger partial charge is 0.482 e. The number of carbonyl (C=O) groups excluding carboxylic acids is 1. The molecule has 1 amide bonds. The van der Waals surface area contributed by atoms with Gasteiger partial charge in [-0.25, -0.2) is 4.39 Å². The molecule has 3 heterocycles. The second kappa shape index (κ2) is 7.71. The average molecular weight is 417 g/mol. The van der Waals surface area contributed by atoms with Gasteiger partial charge in [-0.05, 0) is 55.0 Å². The number of aromatic nitrogens is 4. The van der Waals surface area contributed by atoms with Crippen molar-refractivity contribution in [2.24, 2.45) is 0 Å². The zero-order chi connectivity index (χ0) is 21.4. The van der Waals surface area contributed by atoms with Gasteiger partial charge < -0.3 is 10.1 Å². The van der Waals surface area contributed by atoms with Crippen molar-refractivity contribution >= 4 is 11.6 Å². The molecular weight excluding hydrogens is 397 g/mol. The van der Waals surface area contributed by atoms with Crippen LogP contribution in [0.3, 0.4) is 0 Å². The van der Waals surface area contributed by atoms with E-state index in [0.29, 0.717) is 24.5 Å². The Hall–Kier alpha value is -3.94. The highest BCUT2D eigenvalue weighted by Gasteiger charge is 2.22. The van der Waals surface area contributed by atoms with E-state index >= 15 is 0 Å². The van der Waals surface area contributed by atoms with Crippen LogP contribution in [-0.4, -0.2) is 32.1 Å². The Morgan fingerprint density at radius 3 is 2.71 bits per heavy atom. The van der Waals surface area contributed by atoms with Crippen molar-refractivity contribution in [1.29, 1.82) is 0 Å². The predicted octanol–water partition coefficient (Wildman–Crippen LogP) is 3.89. The maximum atomic E-state index is 13.6. The highest BCUT2D eigenvalue weighted by Crippen LogP contribution is 2.39. The van der Waals surface area contributed by atoms with Gasteiger partial charge in [-0.15, -0.1) is 0 Å². The topological polar surface area (TPSA) is 74.0 Å². The van der Waals surface area contributed by atoms with Crippen LogP contribution in [-0.2, 0) is 17.9 Å². The first kappa shape index (κ1) is 19.0. The SMILES string of the molecule is Cc1nn(CCn2cccn2)c(-c2ccc(F)cc2)c1-c1ccc2c(c1)NC(=O)CO2. The molecule has 1 aliphatic heterocycles. The third-order valence-electron chi connectivity index (χ3n) is 5.25. The van der Waals surface area contributed by atoms with Crippen LogP contribution in [0.4, 0.5) is 10.1 Å². The van der Waals surface area contributed by atoms with Gasteiger partial charge in [0.1, 0.15) is 11.6 Å². The fourth-order valence-electron chi connectivity index (χ4n) is 3.86. The number of amides is 1. The van der Waals surface area contributed by atoms with Crippen LogP contribution in [0, 0.1) is 12.7 Å². The number of anilines is 1. The lowest BCUT2D eigenvalue weighted by atomic mass is 9.98. The number of hydrogen-bond donors (Lipinski definition) is 1. The standard InChI is InChI=1S/C23H20FN5O2/c1-15-22(17-5-8-20-19(13-17)26-21(30)14-31-20)23(16-3-6-18(24)7-4-16)29(27-15)12-11-28-10-2-9-25-28/h2-10,13H,11-12,14H2,1H3,(H,26,30). The summed E-state index contributed by atoms with van der Waals surface area (Å²) in [6.45, 7) is 3.20. The first-order valence-corrected chi connectivity index (χ1v) is 9.96. The molecule has 0 atom stereocenters. The molecule has 0 saturated carbocycles. The highest BCUT2D eigenvalue weighted by atomic mass is 19.1. The number of aryl methyl sites for hydroxylation is 3. The molecule has 0 radical (unpaired) electrons. The van der Waals surface area contributed by atoms with E-state index in [0.717, 1.165) is 28.1 Å². The van der Waals surface area contributed by atoms with E-state index < -0.39 is 0 Å². The summed E-state index contributed by atoms with van der Waals surface area (Å²) in [5.41, 5.74) is 5.02. The van der Waals surface area contributed by atoms with Crippen LogP contribution < -0.4 is 10.1 Å². The third kappa shape index (κ3) is 3.68. The quantitative estimate of drug-likeness (QED) is 0.535. The summed E-state index contributed by atoms with van der Waals surface area (Å²) in [7, 11) is 0. The van der Waals surface area contributed by atoms with Gasteiger partial charge in [0.15, 0.2) is 6.61 Å². The zero-order valence-corrected chi connectivity index (χ0v) is 16.9. The van der Waals surface area contributed by atoms with E-state index in [2.05, 4.69) is 10.4 Å². The van der Waals surface area contributed by atoms with Gasteiger partial charge >= 0.3 is 0 Å². The maximum Gasteiger partial charge on any atom is 0.262 e. The summed E-state index contributed by atoms with van der Waals surface area (Å²) in [6.07, 6.45) is 3.64. The average Bonchev–Trinajstić information content (AvgIpc) is 3.40. The van der Waals surface area contributed by atoms with Crippen LogP contribution in [0.15, 0.2) is 60.9 Å². The predicted molar refractivity (Wildman–Crippen MR) is 114 cm³/mol. The van der Waals surface area contributed by atoms with Gasteiger partial charge in [-0.1, -0.05) is 6.07 Å². The summed E-state index contributed by atoms with van der Waals surface area (Å²) in [5.74, 6) is 0.156. The molecule has 5 rings (SSSR count). The Morgan fingerprint density at radius 2 is 1.94 bits per heavy atom. The van der Waals surface area contributed by atoms with E-state index in [-0.39, 0.29) is 18.3 Å². The second-order valence-electron chi connectivity index (χ2n) is 7.36. The lowest BCUT2D eigenvalue weighted by Crippen LogP contribution is -2.25. The first-order chi connectivity index (χ1) is 15.1. The first-order valence-electron chi connectivity index (χ1n) is 9.96. The van der Waals surface area contributed by atoms with Gasteiger partial charge in [0.05, 0.1) is 30.2 Å². The minimum absolute atomic E-state index is 0.0115. The fraction of sp³-hybridized carbons (Fsp3) is 0.174. The molecule has 0 spiro atoms. The molecule has 1 N–H and O–H groups in total. The molecule has 1 aliphatic rings. The molecule has 7 nitrogen and oxygen atoms in total. The summed E-state index contributed by atoms with van der Waals surface area (Å²) in [4.78, 5) is 11.8. The van der Waals surface area contributed by atoms with Crippen molar-refractivity contribution in [2.75, 3.05) is 11.9 Å². The Kier molecular flexibility index (Phi) is 4.74.